The van der Waals surface area contributed by atoms with Crippen molar-refractivity contribution >= 4 is 46.4 Å². The molecule has 28 heavy (non-hydrogen) atoms. The first-order valence-electron chi connectivity index (χ1n) is 8.39. The van der Waals surface area contributed by atoms with Crippen molar-refractivity contribution in [3.05, 3.63) is 76.0 Å². The van der Waals surface area contributed by atoms with Gasteiger partial charge in [-0.1, -0.05) is 53.5 Å². The van der Waals surface area contributed by atoms with Gasteiger partial charge in [0.2, 0.25) is 0 Å². The Bertz CT molecular complexity index is 983. The van der Waals surface area contributed by atoms with E-state index in [4.69, 9.17) is 28.9 Å². The van der Waals surface area contributed by atoms with Crippen LogP contribution in [0.4, 0.5) is 17.3 Å². The molecule has 0 fully saturated rings. The second-order valence-electron chi connectivity index (χ2n) is 5.96. The fourth-order valence-electron chi connectivity index (χ4n) is 2.50. The number of rotatable bonds is 6. The Morgan fingerprint density at radius 3 is 2.50 bits per heavy atom. The van der Waals surface area contributed by atoms with Gasteiger partial charge in [-0.15, -0.1) is 0 Å². The number of nitrogens with one attached hydrogen (secondary N) is 3. The average molecular weight is 417 g/mol. The van der Waals surface area contributed by atoms with Crippen molar-refractivity contribution in [3.63, 3.8) is 0 Å². The standard InChI is InChI=1S/C19H18Cl2N6O/c1-11(12-5-3-2-4-6-12)25-17-16(22)18(24-10-23-17)26-27-19(28)14-8-7-13(20)9-15(14)21/h2-11H,22H2,1H3,(H,27,28)(H2,23,24,25,26). The number of anilines is 3. The predicted molar refractivity (Wildman–Crippen MR) is 112 cm³/mol. The van der Waals surface area contributed by atoms with Gasteiger partial charge in [0.1, 0.15) is 12.0 Å². The molecule has 3 aromatic rings. The molecular weight excluding hydrogens is 399 g/mol. The van der Waals surface area contributed by atoms with E-state index in [1.165, 1.54) is 18.5 Å². The summed E-state index contributed by atoms with van der Waals surface area (Å²) in [5.41, 5.74) is 13.0. The Kier molecular flexibility index (Phi) is 6.18. The smallest absolute Gasteiger partial charge is 0.271 e. The Balaban J connectivity index is 1.70. The number of benzene rings is 2. The zero-order valence-corrected chi connectivity index (χ0v) is 16.4. The molecular formula is C19H18Cl2N6O. The number of hydrazine groups is 1. The van der Waals surface area contributed by atoms with Crippen LogP contribution in [0.3, 0.4) is 0 Å². The van der Waals surface area contributed by atoms with E-state index in [9.17, 15) is 4.79 Å². The summed E-state index contributed by atoms with van der Waals surface area (Å²) in [5, 5.41) is 3.92. The Hall–Kier alpha value is -3.03. The number of amides is 1. The van der Waals surface area contributed by atoms with E-state index >= 15 is 0 Å². The first kappa shape index (κ1) is 19.7. The summed E-state index contributed by atoms with van der Waals surface area (Å²) < 4.78 is 0. The van der Waals surface area contributed by atoms with Gasteiger partial charge < -0.3 is 11.1 Å². The first-order chi connectivity index (χ1) is 13.5. The van der Waals surface area contributed by atoms with Gasteiger partial charge in [0.15, 0.2) is 11.6 Å². The number of nitrogen functional groups attached to an aromatic ring is 1. The van der Waals surface area contributed by atoms with Gasteiger partial charge >= 0.3 is 0 Å². The number of nitrogens with zero attached hydrogens (tertiary/aromatic N) is 2. The highest BCUT2D eigenvalue weighted by molar-refractivity contribution is 6.36. The number of carbonyl (C=O) groups is 1. The number of hydrogen-bond acceptors (Lipinski definition) is 6. The Morgan fingerprint density at radius 2 is 1.79 bits per heavy atom. The van der Waals surface area contributed by atoms with Crippen molar-refractivity contribution in [2.24, 2.45) is 0 Å². The van der Waals surface area contributed by atoms with Gasteiger partial charge in [0.25, 0.3) is 5.91 Å². The maximum Gasteiger partial charge on any atom is 0.271 e. The van der Waals surface area contributed by atoms with E-state index in [1.54, 1.807) is 6.07 Å². The van der Waals surface area contributed by atoms with Crippen LogP contribution in [-0.2, 0) is 0 Å². The highest BCUT2D eigenvalue weighted by Crippen LogP contribution is 2.26. The summed E-state index contributed by atoms with van der Waals surface area (Å²) in [6.07, 6.45) is 1.35. The van der Waals surface area contributed by atoms with Crippen LogP contribution >= 0.6 is 23.2 Å². The van der Waals surface area contributed by atoms with Crippen molar-refractivity contribution in [2.75, 3.05) is 16.5 Å². The van der Waals surface area contributed by atoms with Crippen LogP contribution in [0.1, 0.15) is 28.9 Å². The molecule has 0 bridgehead atoms. The van der Waals surface area contributed by atoms with Gasteiger partial charge in [-0.2, -0.15) is 0 Å². The zero-order valence-electron chi connectivity index (χ0n) is 14.9. The largest absolute Gasteiger partial charge is 0.393 e. The summed E-state index contributed by atoms with van der Waals surface area (Å²) in [6, 6.07) is 14.5. The van der Waals surface area contributed by atoms with Gasteiger partial charge in [0, 0.05) is 5.02 Å². The highest BCUT2D eigenvalue weighted by Gasteiger charge is 2.14. The minimum atomic E-state index is -0.452. The zero-order chi connectivity index (χ0) is 20.1. The van der Waals surface area contributed by atoms with Crippen LogP contribution in [0.5, 0.6) is 0 Å². The Morgan fingerprint density at radius 1 is 1.07 bits per heavy atom. The molecule has 0 aliphatic heterocycles. The molecule has 3 rings (SSSR count). The van der Waals surface area contributed by atoms with E-state index in [0.29, 0.717) is 10.8 Å². The molecule has 1 atom stereocenters. The monoisotopic (exact) mass is 416 g/mol. The summed E-state index contributed by atoms with van der Waals surface area (Å²) >= 11 is 11.9. The first-order valence-corrected chi connectivity index (χ1v) is 9.14. The Labute approximate surface area is 172 Å². The van der Waals surface area contributed by atoms with Crippen molar-refractivity contribution < 1.29 is 4.79 Å². The van der Waals surface area contributed by atoms with Crippen molar-refractivity contribution in [1.82, 2.24) is 15.4 Å². The van der Waals surface area contributed by atoms with Crippen LogP contribution in [0, 0.1) is 0 Å². The molecule has 0 spiro atoms. The van der Waals surface area contributed by atoms with Gasteiger partial charge in [-0.3, -0.25) is 15.6 Å². The molecule has 1 unspecified atom stereocenters. The van der Waals surface area contributed by atoms with E-state index < -0.39 is 5.91 Å². The fraction of sp³-hybridized carbons (Fsp3) is 0.105. The van der Waals surface area contributed by atoms with Crippen molar-refractivity contribution in [2.45, 2.75) is 13.0 Å². The summed E-state index contributed by atoms with van der Waals surface area (Å²) in [7, 11) is 0. The molecule has 1 heterocycles. The third kappa shape index (κ3) is 4.62. The SMILES string of the molecule is CC(Nc1ncnc(NNC(=O)c2ccc(Cl)cc2Cl)c1N)c1ccccc1. The number of hydrogen-bond donors (Lipinski definition) is 4. The molecule has 0 aliphatic carbocycles. The second-order valence-corrected chi connectivity index (χ2v) is 6.81. The van der Waals surface area contributed by atoms with E-state index in [0.717, 1.165) is 5.56 Å². The normalized spacial score (nSPS) is 11.5. The topological polar surface area (TPSA) is 105 Å². The lowest BCUT2D eigenvalue weighted by Gasteiger charge is -2.18. The summed E-state index contributed by atoms with van der Waals surface area (Å²) in [5.74, 6) is 0.260. The average Bonchev–Trinajstić information content (AvgIpc) is 2.69. The van der Waals surface area contributed by atoms with Crippen molar-refractivity contribution in [1.29, 1.82) is 0 Å². The molecule has 7 nitrogen and oxygen atoms in total. The minimum absolute atomic E-state index is 0.0197. The third-order valence-corrected chi connectivity index (χ3v) is 4.55. The van der Waals surface area contributed by atoms with E-state index in [-0.39, 0.29) is 28.1 Å². The van der Waals surface area contributed by atoms with Crippen LogP contribution in [-0.4, -0.2) is 15.9 Å². The van der Waals surface area contributed by atoms with Gasteiger partial charge in [0.05, 0.1) is 16.6 Å². The maximum absolute atomic E-state index is 12.3. The quantitative estimate of drug-likeness (QED) is 0.446. The van der Waals surface area contributed by atoms with E-state index in [2.05, 4.69) is 26.1 Å². The molecule has 5 N–H and O–H groups in total. The van der Waals surface area contributed by atoms with Crippen LogP contribution < -0.4 is 21.9 Å². The number of carbonyl (C=O) groups excluding carboxylic acids is 1. The molecule has 144 valence electrons. The molecule has 1 aromatic heterocycles. The van der Waals surface area contributed by atoms with Crippen molar-refractivity contribution in [3.8, 4) is 0 Å². The molecule has 0 aliphatic rings. The molecule has 0 radical (unpaired) electrons. The van der Waals surface area contributed by atoms with Crippen LogP contribution in [0.25, 0.3) is 0 Å². The van der Waals surface area contributed by atoms with Gasteiger partial charge in [-0.25, -0.2) is 9.97 Å². The molecule has 2 aromatic carbocycles. The second kappa shape index (κ2) is 8.77. The predicted octanol–water partition coefficient (Wildman–Crippen LogP) is 4.30. The maximum atomic E-state index is 12.3. The lowest BCUT2D eigenvalue weighted by molar-refractivity contribution is 0.0962. The molecule has 9 heteroatoms. The number of aromatic nitrogens is 2. The highest BCUT2D eigenvalue weighted by atomic mass is 35.5. The summed E-state index contributed by atoms with van der Waals surface area (Å²) in [6.45, 7) is 1.99. The van der Waals surface area contributed by atoms with Crippen LogP contribution in [0.15, 0.2) is 54.9 Å². The molecule has 0 saturated carbocycles. The third-order valence-electron chi connectivity index (χ3n) is 4.01. The summed E-state index contributed by atoms with van der Waals surface area (Å²) in [4.78, 5) is 20.6. The fourth-order valence-corrected chi connectivity index (χ4v) is 2.99. The molecule has 1 amide bonds. The lowest BCUT2D eigenvalue weighted by atomic mass is 10.1. The number of nitrogens with two attached hydrogens (primary N) is 1. The lowest BCUT2D eigenvalue weighted by Crippen LogP contribution is -2.30. The van der Waals surface area contributed by atoms with Crippen LogP contribution in [0.2, 0.25) is 10.0 Å². The number of halogens is 2. The van der Waals surface area contributed by atoms with E-state index in [1.807, 2.05) is 37.3 Å². The minimum Gasteiger partial charge on any atom is -0.393 e. The molecule has 0 saturated heterocycles. The van der Waals surface area contributed by atoms with Gasteiger partial charge in [-0.05, 0) is 30.7 Å².